The average Bonchev–Trinajstić information content (AvgIpc) is 2.39. The standard InChI is InChI=1S/C13H25NO/c1-10-7-8-13(2,3)12(10)6-5-11(14)9-15-4/h5-6,10-12H,7-9,14H2,1-4H3/b6-5+. The van der Waals surface area contributed by atoms with Crippen molar-refractivity contribution in [1.29, 1.82) is 0 Å². The van der Waals surface area contributed by atoms with Gasteiger partial charge in [0.05, 0.1) is 6.61 Å². The molecule has 2 nitrogen and oxygen atoms in total. The Hall–Kier alpha value is -0.340. The molecule has 1 fully saturated rings. The highest BCUT2D eigenvalue weighted by Gasteiger charge is 2.37. The molecule has 0 aromatic carbocycles. The van der Waals surface area contributed by atoms with Crippen molar-refractivity contribution in [3.63, 3.8) is 0 Å². The normalized spacial score (nSPS) is 32.3. The van der Waals surface area contributed by atoms with Crippen LogP contribution in [0.1, 0.15) is 33.6 Å². The molecule has 2 N–H and O–H groups in total. The van der Waals surface area contributed by atoms with Crippen molar-refractivity contribution in [3.05, 3.63) is 12.2 Å². The molecule has 0 aliphatic heterocycles. The third-order valence-electron chi connectivity index (χ3n) is 3.68. The van der Waals surface area contributed by atoms with Gasteiger partial charge in [0, 0.05) is 13.2 Å². The Labute approximate surface area is 93.9 Å². The van der Waals surface area contributed by atoms with E-state index in [1.54, 1.807) is 7.11 Å². The predicted molar refractivity (Wildman–Crippen MR) is 64.7 cm³/mol. The highest BCUT2D eigenvalue weighted by atomic mass is 16.5. The quantitative estimate of drug-likeness (QED) is 0.725. The van der Waals surface area contributed by atoms with Gasteiger partial charge in [-0.05, 0) is 30.1 Å². The Balaban J connectivity index is 2.56. The number of hydrogen-bond acceptors (Lipinski definition) is 2. The van der Waals surface area contributed by atoms with Crippen LogP contribution in [0.25, 0.3) is 0 Å². The number of ether oxygens (including phenoxy) is 1. The molecule has 0 aromatic heterocycles. The van der Waals surface area contributed by atoms with Gasteiger partial charge in [0.25, 0.3) is 0 Å². The van der Waals surface area contributed by atoms with Gasteiger partial charge >= 0.3 is 0 Å². The summed E-state index contributed by atoms with van der Waals surface area (Å²) >= 11 is 0. The van der Waals surface area contributed by atoms with Crippen LogP contribution in [0.2, 0.25) is 0 Å². The van der Waals surface area contributed by atoms with Crippen molar-refractivity contribution in [2.75, 3.05) is 13.7 Å². The second-order valence-electron chi connectivity index (χ2n) is 5.53. The van der Waals surface area contributed by atoms with Crippen LogP contribution in [0.15, 0.2) is 12.2 Å². The van der Waals surface area contributed by atoms with Gasteiger partial charge in [-0.25, -0.2) is 0 Å². The minimum absolute atomic E-state index is 0.0404. The molecule has 1 rings (SSSR count). The van der Waals surface area contributed by atoms with E-state index in [2.05, 4.69) is 32.9 Å². The Morgan fingerprint density at radius 1 is 1.53 bits per heavy atom. The van der Waals surface area contributed by atoms with E-state index in [1.165, 1.54) is 12.8 Å². The largest absolute Gasteiger partial charge is 0.383 e. The van der Waals surface area contributed by atoms with E-state index < -0.39 is 0 Å². The van der Waals surface area contributed by atoms with Gasteiger partial charge in [-0.1, -0.05) is 32.9 Å². The second kappa shape index (κ2) is 5.13. The van der Waals surface area contributed by atoms with Crippen molar-refractivity contribution in [2.45, 2.75) is 39.7 Å². The summed E-state index contributed by atoms with van der Waals surface area (Å²) in [5, 5.41) is 0. The Morgan fingerprint density at radius 2 is 2.20 bits per heavy atom. The summed E-state index contributed by atoms with van der Waals surface area (Å²) in [5.41, 5.74) is 6.32. The van der Waals surface area contributed by atoms with E-state index in [1.807, 2.05) is 0 Å². The molecule has 0 heterocycles. The third kappa shape index (κ3) is 3.32. The first-order valence-corrected chi connectivity index (χ1v) is 5.90. The van der Waals surface area contributed by atoms with Crippen molar-refractivity contribution < 1.29 is 4.74 Å². The lowest BCUT2D eigenvalue weighted by Crippen LogP contribution is -2.25. The molecule has 3 unspecified atom stereocenters. The van der Waals surface area contributed by atoms with Gasteiger partial charge in [0.2, 0.25) is 0 Å². The molecule has 3 atom stereocenters. The summed E-state index contributed by atoms with van der Waals surface area (Å²) in [7, 11) is 1.69. The van der Waals surface area contributed by atoms with E-state index >= 15 is 0 Å². The molecule has 0 spiro atoms. The Kier molecular flexibility index (Phi) is 4.35. The molecule has 15 heavy (non-hydrogen) atoms. The minimum Gasteiger partial charge on any atom is -0.383 e. The van der Waals surface area contributed by atoms with Crippen LogP contribution in [-0.4, -0.2) is 19.8 Å². The molecule has 0 amide bonds. The lowest BCUT2D eigenvalue weighted by atomic mass is 9.79. The highest BCUT2D eigenvalue weighted by molar-refractivity contribution is 5.04. The van der Waals surface area contributed by atoms with E-state index in [4.69, 9.17) is 10.5 Å². The molecule has 0 saturated heterocycles. The first-order valence-electron chi connectivity index (χ1n) is 5.90. The molecular weight excluding hydrogens is 186 g/mol. The predicted octanol–water partition coefficient (Wildman–Crippen LogP) is 2.59. The van der Waals surface area contributed by atoms with Gasteiger partial charge in [-0.3, -0.25) is 0 Å². The number of hydrogen-bond donors (Lipinski definition) is 1. The van der Waals surface area contributed by atoms with Crippen LogP contribution in [0.3, 0.4) is 0 Å². The van der Waals surface area contributed by atoms with Crippen LogP contribution in [0, 0.1) is 17.3 Å². The fraction of sp³-hybridized carbons (Fsp3) is 0.846. The van der Waals surface area contributed by atoms with Gasteiger partial charge in [-0.15, -0.1) is 0 Å². The molecule has 88 valence electrons. The zero-order valence-corrected chi connectivity index (χ0v) is 10.5. The van der Waals surface area contributed by atoms with Crippen molar-refractivity contribution in [3.8, 4) is 0 Å². The minimum atomic E-state index is 0.0404. The summed E-state index contributed by atoms with van der Waals surface area (Å²) in [6, 6.07) is 0.0404. The number of allylic oxidation sites excluding steroid dienone is 1. The van der Waals surface area contributed by atoms with E-state index in [0.29, 0.717) is 17.9 Å². The zero-order valence-electron chi connectivity index (χ0n) is 10.5. The summed E-state index contributed by atoms with van der Waals surface area (Å²) in [6.07, 6.45) is 7.07. The van der Waals surface area contributed by atoms with Crippen LogP contribution in [0.4, 0.5) is 0 Å². The summed E-state index contributed by atoms with van der Waals surface area (Å²) in [4.78, 5) is 0. The Bertz CT molecular complexity index is 223. The number of rotatable bonds is 4. The molecule has 0 radical (unpaired) electrons. The van der Waals surface area contributed by atoms with Crippen molar-refractivity contribution in [2.24, 2.45) is 23.0 Å². The number of methoxy groups -OCH3 is 1. The van der Waals surface area contributed by atoms with E-state index in [0.717, 1.165) is 5.92 Å². The SMILES string of the molecule is COCC(N)/C=C/C1C(C)CCC1(C)C. The van der Waals surface area contributed by atoms with Crippen LogP contribution in [-0.2, 0) is 4.74 Å². The lowest BCUT2D eigenvalue weighted by Gasteiger charge is -2.27. The molecule has 1 aliphatic rings. The maximum Gasteiger partial charge on any atom is 0.0649 e. The lowest BCUT2D eigenvalue weighted by molar-refractivity contribution is 0.191. The fourth-order valence-electron chi connectivity index (χ4n) is 2.68. The van der Waals surface area contributed by atoms with Gasteiger partial charge in [0.15, 0.2) is 0 Å². The molecule has 0 aromatic rings. The summed E-state index contributed by atoms with van der Waals surface area (Å²) < 4.78 is 5.02. The molecule has 0 bridgehead atoms. The average molecular weight is 211 g/mol. The first-order chi connectivity index (χ1) is 6.97. The van der Waals surface area contributed by atoms with Crippen LogP contribution in [0.5, 0.6) is 0 Å². The summed E-state index contributed by atoms with van der Waals surface area (Å²) in [5.74, 6) is 1.45. The van der Waals surface area contributed by atoms with Gasteiger partial charge in [0.1, 0.15) is 0 Å². The maximum atomic E-state index is 5.88. The third-order valence-corrected chi connectivity index (χ3v) is 3.68. The zero-order chi connectivity index (χ0) is 11.5. The summed E-state index contributed by atoms with van der Waals surface area (Å²) in [6.45, 7) is 7.66. The van der Waals surface area contributed by atoms with Gasteiger partial charge < -0.3 is 10.5 Å². The first kappa shape index (κ1) is 12.7. The van der Waals surface area contributed by atoms with E-state index in [-0.39, 0.29) is 6.04 Å². The Morgan fingerprint density at radius 3 is 2.67 bits per heavy atom. The molecule has 1 aliphatic carbocycles. The number of nitrogens with two attached hydrogens (primary N) is 1. The second-order valence-corrected chi connectivity index (χ2v) is 5.53. The van der Waals surface area contributed by atoms with Crippen LogP contribution < -0.4 is 5.73 Å². The molecule has 1 saturated carbocycles. The van der Waals surface area contributed by atoms with Crippen LogP contribution >= 0.6 is 0 Å². The monoisotopic (exact) mass is 211 g/mol. The van der Waals surface area contributed by atoms with Gasteiger partial charge in [-0.2, -0.15) is 0 Å². The topological polar surface area (TPSA) is 35.2 Å². The fourth-order valence-corrected chi connectivity index (χ4v) is 2.68. The maximum absolute atomic E-state index is 5.88. The van der Waals surface area contributed by atoms with Crippen molar-refractivity contribution in [1.82, 2.24) is 0 Å². The smallest absolute Gasteiger partial charge is 0.0649 e. The molecule has 2 heteroatoms. The molecular formula is C13H25NO. The van der Waals surface area contributed by atoms with E-state index in [9.17, 15) is 0 Å². The highest BCUT2D eigenvalue weighted by Crippen LogP contribution is 2.46. The van der Waals surface area contributed by atoms with Crippen molar-refractivity contribution >= 4 is 0 Å².